The Labute approximate surface area is 87.3 Å². The monoisotopic (exact) mass is 204 g/mol. The van der Waals surface area contributed by atoms with E-state index in [1.54, 1.807) is 24.9 Å². The molecule has 5 nitrogen and oxygen atoms in total. The summed E-state index contributed by atoms with van der Waals surface area (Å²) in [6.07, 6.45) is 7.25. The van der Waals surface area contributed by atoms with Gasteiger partial charge in [0.05, 0.1) is 24.2 Å². The van der Waals surface area contributed by atoms with E-state index < -0.39 is 0 Å². The molecule has 0 aliphatic heterocycles. The minimum Gasteiger partial charge on any atom is -0.469 e. The smallest absolute Gasteiger partial charge is 0.105 e. The maximum atomic E-state index is 5.46. The van der Waals surface area contributed by atoms with Gasteiger partial charge in [-0.2, -0.15) is 0 Å². The summed E-state index contributed by atoms with van der Waals surface area (Å²) in [7, 11) is 0. The van der Waals surface area contributed by atoms with Crippen LogP contribution in [0.3, 0.4) is 0 Å². The lowest BCUT2D eigenvalue weighted by Gasteiger charge is -2.12. The van der Waals surface area contributed by atoms with Crippen LogP contribution in [0.2, 0.25) is 0 Å². The van der Waals surface area contributed by atoms with Crippen molar-refractivity contribution in [2.24, 2.45) is 5.84 Å². The third-order valence-electron chi connectivity index (χ3n) is 2.13. The number of nitrogens with one attached hydrogen (secondary N) is 1. The van der Waals surface area contributed by atoms with E-state index in [-0.39, 0.29) is 6.04 Å². The van der Waals surface area contributed by atoms with Gasteiger partial charge in [0.15, 0.2) is 0 Å². The van der Waals surface area contributed by atoms with Gasteiger partial charge in [-0.3, -0.25) is 21.2 Å². The van der Waals surface area contributed by atoms with E-state index in [0.717, 1.165) is 11.5 Å². The second-order valence-corrected chi connectivity index (χ2v) is 3.13. The molecule has 2 aromatic rings. The third kappa shape index (κ3) is 2.39. The van der Waals surface area contributed by atoms with Crippen molar-refractivity contribution in [3.63, 3.8) is 0 Å². The van der Waals surface area contributed by atoms with E-state index in [2.05, 4.69) is 15.4 Å². The fourth-order valence-electron chi connectivity index (χ4n) is 1.37. The highest BCUT2D eigenvalue weighted by Crippen LogP contribution is 2.14. The molecule has 0 aromatic carbocycles. The standard InChI is InChI=1S/C10H12N4O/c11-14-9(6-8-2-1-5-15-8)10-7-12-3-4-13-10/h1-5,7,9,14H,6,11H2. The number of nitrogens with zero attached hydrogens (tertiary/aromatic N) is 2. The highest BCUT2D eigenvalue weighted by molar-refractivity contribution is 5.08. The van der Waals surface area contributed by atoms with Gasteiger partial charge in [-0.05, 0) is 12.1 Å². The number of furan rings is 1. The van der Waals surface area contributed by atoms with Crippen LogP contribution in [-0.4, -0.2) is 9.97 Å². The average Bonchev–Trinajstić information content (AvgIpc) is 2.80. The molecule has 0 saturated carbocycles. The molecule has 2 heterocycles. The van der Waals surface area contributed by atoms with E-state index in [4.69, 9.17) is 10.3 Å². The van der Waals surface area contributed by atoms with Crippen molar-refractivity contribution in [3.8, 4) is 0 Å². The van der Waals surface area contributed by atoms with Gasteiger partial charge in [-0.15, -0.1) is 0 Å². The Bertz CT molecular complexity index is 387. The molecule has 0 spiro atoms. The van der Waals surface area contributed by atoms with Crippen LogP contribution >= 0.6 is 0 Å². The first-order valence-electron chi connectivity index (χ1n) is 4.64. The van der Waals surface area contributed by atoms with E-state index in [9.17, 15) is 0 Å². The molecule has 1 unspecified atom stereocenters. The van der Waals surface area contributed by atoms with Crippen molar-refractivity contribution in [1.29, 1.82) is 0 Å². The highest BCUT2D eigenvalue weighted by atomic mass is 16.3. The Hall–Kier alpha value is -1.72. The van der Waals surface area contributed by atoms with Gasteiger partial charge in [0, 0.05) is 18.8 Å². The molecule has 2 rings (SSSR count). The van der Waals surface area contributed by atoms with Crippen LogP contribution in [0.25, 0.3) is 0 Å². The zero-order valence-corrected chi connectivity index (χ0v) is 8.13. The number of aromatic nitrogens is 2. The SMILES string of the molecule is NNC(Cc1ccco1)c1cnccn1. The summed E-state index contributed by atoms with van der Waals surface area (Å²) < 4.78 is 5.24. The molecule has 0 aliphatic carbocycles. The number of rotatable bonds is 4. The minimum absolute atomic E-state index is 0.0788. The second kappa shape index (κ2) is 4.68. The van der Waals surface area contributed by atoms with Gasteiger partial charge in [0.1, 0.15) is 5.76 Å². The zero-order valence-electron chi connectivity index (χ0n) is 8.13. The Morgan fingerprint density at radius 1 is 1.47 bits per heavy atom. The van der Waals surface area contributed by atoms with Crippen LogP contribution in [-0.2, 0) is 6.42 Å². The highest BCUT2D eigenvalue weighted by Gasteiger charge is 2.13. The molecule has 15 heavy (non-hydrogen) atoms. The fourth-order valence-corrected chi connectivity index (χ4v) is 1.37. The Morgan fingerprint density at radius 2 is 2.40 bits per heavy atom. The Balaban J connectivity index is 2.12. The fraction of sp³-hybridized carbons (Fsp3) is 0.200. The first-order valence-corrected chi connectivity index (χ1v) is 4.64. The molecule has 5 heteroatoms. The average molecular weight is 204 g/mol. The summed E-state index contributed by atoms with van der Waals surface area (Å²) in [5.41, 5.74) is 3.50. The lowest BCUT2D eigenvalue weighted by atomic mass is 10.1. The largest absolute Gasteiger partial charge is 0.469 e. The molecule has 2 aromatic heterocycles. The molecule has 0 amide bonds. The summed E-state index contributed by atoms with van der Waals surface area (Å²) >= 11 is 0. The number of nitrogens with two attached hydrogens (primary N) is 1. The summed E-state index contributed by atoms with van der Waals surface area (Å²) in [6.45, 7) is 0. The number of hydrazine groups is 1. The molecular formula is C10H12N4O. The predicted molar refractivity (Wildman–Crippen MR) is 54.5 cm³/mol. The van der Waals surface area contributed by atoms with Gasteiger partial charge in [0.25, 0.3) is 0 Å². The summed E-state index contributed by atoms with van der Waals surface area (Å²) in [5, 5.41) is 0. The van der Waals surface area contributed by atoms with Crippen molar-refractivity contribution >= 4 is 0 Å². The lowest BCUT2D eigenvalue weighted by molar-refractivity contribution is 0.449. The maximum absolute atomic E-state index is 5.46. The molecule has 0 aliphatic rings. The number of hydrogen-bond acceptors (Lipinski definition) is 5. The molecule has 1 atom stereocenters. The normalized spacial score (nSPS) is 12.6. The Kier molecular flexibility index (Phi) is 3.06. The van der Waals surface area contributed by atoms with Crippen molar-refractivity contribution in [2.75, 3.05) is 0 Å². The number of hydrogen-bond donors (Lipinski definition) is 2. The summed E-state index contributed by atoms with van der Waals surface area (Å²) in [6, 6.07) is 3.67. The van der Waals surface area contributed by atoms with Crippen LogP contribution in [0, 0.1) is 0 Å². The van der Waals surface area contributed by atoms with Crippen molar-refractivity contribution in [2.45, 2.75) is 12.5 Å². The van der Waals surface area contributed by atoms with Crippen LogP contribution in [0.4, 0.5) is 0 Å². The van der Waals surface area contributed by atoms with Crippen molar-refractivity contribution in [1.82, 2.24) is 15.4 Å². The van der Waals surface area contributed by atoms with E-state index in [1.807, 2.05) is 12.1 Å². The second-order valence-electron chi connectivity index (χ2n) is 3.13. The van der Waals surface area contributed by atoms with Gasteiger partial charge in [0.2, 0.25) is 0 Å². The molecule has 0 fully saturated rings. The van der Waals surface area contributed by atoms with Gasteiger partial charge < -0.3 is 4.42 Å². The zero-order chi connectivity index (χ0) is 10.5. The van der Waals surface area contributed by atoms with Crippen LogP contribution in [0.5, 0.6) is 0 Å². The molecule has 0 radical (unpaired) electrons. The van der Waals surface area contributed by atoms with Gasteiger partial charge in [-0.1, -0.05) is 0 Å². The van der Waals surface area contributed by atoms with Crippen LogP contribution in [0.1, 0.15) is 17.5 Å². The maximum Gasteiger partial charge on any atom is 0.105 e. The lowest BCUT2D eigenvalue weighted by Crippen LogP contribution is -2.30. The quantitative estimate of drug-likeness (QED) is 0.569. The predicted octanol–water partition coefficient (Wildman–Crippen LogP) is 0.817. The minimum atomic E-state index is -0.0788. The summed E-state index contributed by atoms with van der Waals surface area (Å²) in [4.78, 5) is 8.18. The van der Waals surface area contributed by atoms with Gasteiger partial charge in [-0.25, -0.2) is 0 Å². The molecule has 78 valence electrons. The van der Waals surface area contributed by atoms with Crippen molar-refractivity contribution in [3.05, 3.63) is 48.4 Å². The van der Waals surface area contributed by atoms with Gasteiger partial charge >= 0.3 is 0 Å². The first kappa shape index (κ1) is 9.82. The van der Waals surface area contributed by atoms with E-state index in [0.29, 0.717) is 6.42 Å². The van der Waals surface area contributed by atoms with Crippen LogP contribution < -0.4 is 11.3 Å². The third-order valence-corrected chi connectivity index (χ3v) is 2.13. The molecular weight excluding hydrogens is 192 g/mol. The Morgan fingerprint density at radius 3 is 3.00 bits per heavy atom. The molecule has 0 saturated heterocycles. The molecule has 0 bridgehead atoms. The van der Waals surface area contributed by atoms with E-state index in [1.165, 1.54) is 0 Å². The topological polar surface area (TPSA) is 77.0 Å². The molecule has 3 N–H and O–H groups in total. The first-order chi connectivity index (χ1) is 7.40. The van der Waals surface area contributed by atoms with Crippen molar-refractivity contribution < 1.29 is 4.42 Å². The van der Waals surface area contributed by atoms with Crippen LogP contribution in [0.15, 0.2) is 41.4 Å². The summed E-state index contributed by atoms with van der Waals surface area (Å²) in [5.74, 6) is 6.33. The van der Waals surface area contributed by atoms with E-state index >= 15 is 0 Å².